The molecule has 0 aliphatic heterocycles. The van der Waals surface area contributed by atoms with Crippen molar-refractivity contribution >= 4 is 51.7 Å². The lowest BCUT2D eigenvalue weighted by atomic mass is 10.2. The van der Waals surface area contributed by atoms with E-state index in [-0.39, 0.29) is 28.1 Å². The monoisotopic (exact) mass is 369 g/mol. The summed E-state index contributed by atoms with van der Waals surface area (Å²) in [5.41, 5.74) is 1.35. The molecule has 0 radical (unpaired) electrons. The second kappa shape index (κ2) is 6.32. The molecule has 2 aromatic carbocycles. The number of fused-ring (bicyclic) bond motifs is 1. The summed E-state index contributed by atoms with van der Waals surface area (Å²) in [7, 11) is 0. The third-order valence-electron chi connectivity index (χ3n) is 3.33. The van der Waals surface area contributed by atoms with Crippen LogP contribution in [0.15, 0.2) is 36.4 Å². The van der Waals surface area contributed by atoms with Crippen molar-refractivity contribution in [2.45, 2.75) is 6.61 Å². The number of aromatic nitrogens is 1. The smallest absolute Gasteiger partial charge is 0.352 e. The van der Waals surface area contributed by atoms with E-state index in [1.165, 1.54) is 6.07 Å². The second-order valence-electron chi connectivity index (χ2n) is 4.83. The van der Waals surface area contributed by atoms with Gasteiger partial charge in [0.25, 0.3) is 0 Å². The molecule has 118 valence electrons. The molecule has 0 fully saturated rings. The molecule has 0 bridgehead atoms. The Hall–Kier alpha value is -1.88. The van der Waals surface area contributed by atoms with Crippen LogP contribution in [-0.2, 0) is 6.61 Å². The summed E-state index contributed by atoms with van der Waals surface area (Å²) in [5, 5.41) is 10.7. The number of H-pyrrole nitrogens is 1. The Labute approximate surface area is 146 Å². The number of rotatable bonds is 4. The number of benzene rings is 2. The number of aromatic amines is 1. The highest BCUT2D eigenvalue weighted by Crippen LogP contribution is 2.40. The Morgan fingerprint density at radius 1 is 1.13 bits per heavy atom. The molecule has 0 saturated carbocycles. The van der Waals surface area contributed by atoms with Gasteiger partial charge < -0.3 is 14.8 Å². The summed E-state index contributed by atoms with van der Waals surface area (Å²) in [6.45, 7) is 0.195. The van der Waals surface area contributed by atoms with Gasteiger partial charge in [0.2, 0.25) is 0 Å². The van der Waals surface area contributed by atoms with E-state index in [1.807, 2.05) is 18.2 Å². The number of hydrogen-bond donors (Lipinski definition) is 2. The van der Waals surface area contributed by atoms with E-state index < -0.39 is 5.97 Å². The SMILES string of the molecule is O=C(O)c1cc2c(Cl)c(OCc3ccccc3Cl)c(Cl)cc2[nH]1. The molecule has 0 atom stereocenters. The highest BCUT2D eigenvalue weighted by atomic mass is 35.5. The first-order chi connectivity index (χ1) is 11.0. The van der Waals surface area contributed by atoms with E-state index in [0.29, 0.717) is 15.9 Å². The molecule has 0 unspecified atom stereocenters. The lowest BCUT2D eigenvalue weighted by Gasteiger charge is -2.11. The van der Waals surface area contributed by atoms with Crippen molar-refractivity contribution in [3.8, 4) is 5.75 Å². The Morgan fingerprint density at radius 3 is 2.57 bits per heavy atom. The number of carbonyl (C=O) groups is 1. The summed E-state index contributed by atoms with van der Waals surface area (Å²) in [6, 6.07) is 10.3. The van der Waals surface area contributed by atoms with Crippen LogP contribution in [0.2, 0.25) is 15.1 Å². The summed E-state index contributed by atoms with van der Waals surface area (Å²) in [6.07, 6.45) is 0. The van der Waals surface area contributed by atoms with Crippen molar-refractivity contribution in [1.29, 1.82) is 0 Å². The minimum absolute atomic E-state index is 0.0289. The van der Waals surface area contributed by atoms with Crippen LogP contribution >= 0.6 is 34.8 Å². The van der Waals surface area contributed by atoms with E-state index in [9.17, 15) is 4.79 Å². The van der Waals surface area contributed by atoms with Crippen molar-refractivity contribution in [2.24, 2.45) is 0 Å². The molecule has 2 N–H and O–H groups in total. The molecule has 3 rings (SSSR count). The van der Waals surface area contributed by atoms with E-state index in [4.69, 9.17) is 44.6 Å². The Bertz CT molecular complexity index is 905. The van der Waals surface area contributed by atoms with E-state index in [2.05, 4.69) is 4.98 Å². The number of ether oxygens (including phenoxy) is 1. The fourth-order valence-corrected chi connectivity index (χ4v) is 3.01. The summed E-state index contributed by atoms with van der Waals surface area (Å²) < 4.78 is 5.70. The van der Waals surface area contributed by atoms with Crippen LogP contribution in [0, 0.1) is 0 Å². The van der Waals surface area contributed by atoms with Crippen molar-refractivity contribution in [3.05, 3.63) is 62.7 Å². The van der Waals surface area contributed by atoms with Gasteiger partial charge in [0.15, 0.2) is 5.75 Å². The van der Waals surface area contributed by atoms with Gasteiger partial charge in [0.1, 0.15) is 12.3 Å². The zero-order valence-electron chi connectivity index (χ0n) is 11.6. The largest absolute Gasteiger partial charge is 0.486 e. The number of aromatic carboxylic acids is 1. The molecule has 4 nitrogen and oxygen atoms in total. The van der Waals surface area contributed by atoms with Gasteiger partial charge in [-0.2, -0.15) is 0 Å². The molecule has 0 saturated heterocycles. The highest BCUT2D eigenvalue weighted by molar-refractivity contribution is 6.41. The Morgan fingerprint density at radius 2 is 1.87 bits per heavy atom. The third-order valence-corrected chi connectivity index (χ3v) is 4.36. The highest BCUT2D eigenvalue weighted by Gasteiger charge is 2.17. The quantitative estimate of drug-likeness (QED) is 0.646. The summed E-state index contributed by atoms with van der Waals surface area (Å²) >= 11 is 18.6. The Kier molecular flexibility index (Phi) is 4.39. The first kappa shape index (κ1) is 16.0. The van der Waals surface area contributed by atoms with Crippen LogP contribution in [0.5, 0.6) is 5.75 Å². The van der Waals surface area contributed by atoms with Gasteiger partial charge in [-0.15, -0.1) is 0 Å². The standard InChI is InChI=1S/C16H10Cl3NO3/c17-10-4-2-1-3-8(10)7-23-15-11(18)6-12-9(14(15)19)5-13(20-12)16(21)22/h1-6,20H,7H2,(H,21,22). The van der Waals surface area contributed by atoms with E-state index in [0.717, 1.165) is 5.56 Å². The molecule has 1 aromatic heterocycles. The van der Waals surface area contributed by atoms with E-state index in [1.54, 1.807) is 12.1 Å². The second-order valence-corrected chi connectivity index (χ2v) is 6.02. The average molecular weight is 371 g/mol. The fraction of sp³-hybridized carbons (Fsp3) is 0.0625. The molecule has 0 aliphatic rings. The van der Waals surface area contributed by atoms with Gasteiger partial charge in [-0.1, -0.05) is 53.0 Å². The van der Waals surface area contributed by atoms with Crippen molar-refractivity contribution in [2.75, 3.05) is 0 Å². The lowest BCUT2D eigenvalue weighted by Crippen LogP contribution is -1.97. The molecule has 0 amide bonds. The zero-order chi connectivity index (χ0) is 16.6. The predicted octanol–water partition coefficient (Wildman–Crippen LogP) is 5.41. The molecule has 23 heavy (non-hydrogen) atoms. The first-order valence-electron chi connectivity index (χ1n) is 6.57. The molecular formula is C16H10Cl3NO3. The van der Waals surface area contributed by atoms with E-state index >= 15 is 0 Å². The molecule has 1 heterocycles. The van der Waals surface area contributed by atoms with Gasteiger partial charge in [-0.05, 0) is 18.2 Å². The number of carboxylic acids is 1. The molecule has 0 aliphatic carbocycles. The van der Waals surface area contributed by atoms with Crippen LogP contribution in [0.3, 0.4) is 0 Å². The van der Waals surface area contributed by atoms with Crippen LogP contribution in [0.1, 0.15) is 16.1 Å². The van der Waals surface area contributed by atoms with Crippen molar-refractivity contribution in [3.63, 3.8) is 0 Å². The zero-order valence-corrected chi connectivity index (χ0v) is 13.8. The normalized spacial score (nSPS) is 10.9. The van der Waals surface area contributed by atoms with Crippen LogP contribution in [0.4, 0.5) is 0 Å². The Balaban J connectivity index is 1.97. The summed E-state index contributed by atoms with van der Waals surface area (Å²) in [4.78, 5) is 13.8. The van der Waals surface area contributed by atoms with Gasteiger partial charge >= 0.3 is 5.97 Å². The maximum atomic E-state index is 11.0. The predicted molar refractivity (Wildman–Crippen MR) is 91.1 cm³/mol. The number of hydrogen-bond acceptors (Lipinski definition) is 2. The molecule has 0 spiro atoms. The molecular weight excluding hydrogens is 361 g/mol. The maximum absolute atomic E-state index is 11.0. The first-order valence-corrected chi connectivity index (χ1v) is 7.71. The van der Waals surface area contributed by atoms with Crippen LogP contribution < -0.4 is 4.74 Å². The minimum atomic E-state index is -1.08. The van der Waals surface area contributed by atoms with Gasteiger partial charge in [0, 0.05) is 21.5 Å². The van der Waals surface area contributed by atoms with Crippen LogP contribution in [-0.4, -0.2) is 16.1 Å². The maximum Gasteiger partial charge on any atom is 0.352 e. The number of halogens is 3. The number of nitrogens with one attached hydrogen (secondary N) is 1. The van der Waals surface area contributed by atoms with Crippen LogP contribution in [0.25, 0.3) is 10.9 Å². The van der Waals surface area contributed by atoms with Gasteiger partial charge in [-0.3, -0.25) is 0 Å². The third kappa shape index (κ3) is 3.11. The molecule has 3 aromatic rings. The fourth-order valence-electron chi connectivity index (χ4n) is 2.20. The van der Waals surface area contributed by atoms with Gasteiger partial charge in [-0.25, -0.2) is 4.79 Å². The topological polar surface area (TPSA) is 62.3 Å². The average Bonchev–Trinajstić information content (AvgIpc) is 2.93. The summed E-state index contributed by atoms with van der Waals surface area (Å²) in [5.74, 6) is -0.788. The number of carboxylic acid groups (broad SMARTS) is 1. The molecule has 7 heteroatoms. The van der Waals surface area contributed by atoms with Gasteiger partial charge in [0.05, 0.1) is 10.0 Å². The van der Waals surface area contributed by atoms with Crippen molar-refractivity contribution in [1.82, 2.24) is 4.98 Å². The minimum Gasteiger partial charge on any atom is -0.486 e. The van der Waals surface area contributed by atoms with Crippen molar-refractivity contribution < 1.29 is 14.6 Å². The lowest BCUT2D eigenvalue weighted by molar-refractivity contribution is 0.0691.